The van der Waals surface area contributed by atoms with Gasteiger partial charge in [-0.3, -0.25) is 0 Å². The Hall–Kier alpha value is -2.12. The summed E-state index contributed by atoms with van der Waals surface area (Å²) in [7, 11) is -0.834. The van der Waals surface area contributed by atoms with Gasteiger partial charge in [-0.25, -0.2) is 24.3 Å². The summed E-state index contributed by atoms with van der Waals surface area (Å²) in [5, 5.41) is 4.34. The van der Waals surface area contributed by atoms with Crippen LogP contribution in [0, 0.1) is 0 Å². The van der Waals surface area contributed by atoms with Gasteiger partial charge in [0, 0.05) is 0 Å². The minimum Gasteiger partial charge on any atom is -0.214 e. The Morgan fingerprint density at radius 2 is 1.08 bits per heavy atom. The first kappa shape index (κ1) is 18.2. The van der Waals surface area contributed by atoms with Gasteiger partial charge in [-0.15, -0.1) is 0 Å². The number of rotatable bonds is 3. The second-order valence-electron chi connectivity index (χ2n) is 5.24. The molecule has 0 N–H and O–H groups in total. The fraction of sp³-hybridized carbons (Fsp3) is 0. The van der Waals surface area contributed by atoms with Crippen molar-refractivity contribution in [1.82, 2.24) is 0 Å². The van der Waals surface area contributed by atoms with Crippen LogP contribution in [0.2, 0.25) is 0 Å². The van der Waals surface area contributed by atoms with Crippen molar-refractivity contribution in [2.45, 2.75) is 0 Å². The Morgan fingerprint density at radius 3 is 1.46 bits per heavy atom. The van der Waals surface area contributed by atoms with Gasteiger partial charge in [0.1, 0.15) is 8.80 Å². The summed E-state index contributed by atoms with van der Waals surface area (Å²) in [4.78, 5) is 0. The maximum absolute atomic E-state index is 2.24. The molecule has 0 nitrogen and oxygen atoms in total. The predicted octanol–water partition coefficient (Wildman–Crippen LogP) is 3.32. The summed E-state index contributed by atoms with van der Waals surface area (Å²) in [6, 6.07) is 40.4. The Bertz CT molecular complexity index is 703. The zero-order valence-corrected chi connectivity index (χ0v) is 15.4. The summed E-state index contributed by atoms with van der Waals surface area (Å²) >= 11 is 0. The molecule has 2 heteroatoms. The molecule has 0 aliphatic rings. The van der Waals surface area contributed by atoms with E-state index in [1.807, 2.05) is 30.3 Å². The van der Waals surface area contributed by atoms with Gasteiger partial charge < -0.3 is 0 Å². The maximum Gasteiger partial charge on any atom is 2.00 e. The van der Waals surface area contributed by atoms with E-state index < -0.39 is 8.80 Å². The fourth-order valence-corrected chi connectivity index (χ4v) is 5.15. The third-order valence-electron chi connectivity index (χ3n) is 3.63. The molecule has 0 bridgehead atoms. The molecule has 0 aliphatic carbocycles. The predicted molar refractivity (Wildman–Crippen MR) is 102 cm³/mol. The van der Waals surface area contributed by atoms with Crippen LogP contribution in [-0.4, -0.2) is 8.80 Å². The standard InChI is InChI=1S/C17H14Si.C5H5.Fe/c1-3-9-15(10-4-1)18(17-13-7-8-14-17)16-11-5-2-6-12-16;1-2-4-5-3-1;/h1-14H;1-5H;/q2*-1;+2. The molecule has 4 rings (SSSR count). The van der Waals surface area contributed by atoms with Crippen LogP contribution in [0.4, 0.5) is 0 Å². The number of hydrogen-bond acceptors (Lipinski definition) is 0. The summed E-state index contributed by atoms with van der Waals surface area (Å²) in [5.41, 5.74) is 0. The van der Waals surface area contributed by atoms with Crippen molar-refractivity contribution < 1.29 is 17.1 Å². The maximum atomic E-state index is 2.24. The van der Waals surface area contributed by atoms with Gasteiger partial charge in [0.05, 0.1) is 0 Å². The van der Waals surface area contributed by atoms with Crippen LogP contribution in [0.25, 0.3) is 0 Å². The molecule has 0 saturated heterocycles. The molecule has 0 atom stereocenters. The fourth-order valence-electron chi connectivity index (χ4n) is 2.57. The zero-order valence-electron chi connectivity index (χ0n) is 13.3. The molecule has 24 heavy (non-hydrogen) atoms. The quantitative estimate of drug-likeness (QED) is 0.385. The smallest absolute Gasteiger partial charge is 0.214 e. The first-order valence-corrected chi connectivity index (χ1v) is 9.32. The molecule has 1 radical (unpaired) electrons. The number of benzene rings is 2. The Kier molecular flexibility index (Phi) is 7.51. The van der Waals surface area contributed by atoms with E-state index in [4.69, 9.17) is 0 Å². The van der Waals surface area contributed by atoms with Crippen LogP contribution in [0.5, 0.6) is 0 Å². The van der Waals surface area contributed by atoms with E-state index in [1.165, 1.54) is 15.6 Å². The van der Waals surface area contributed by atoms with Gasteiger partial charge in [-0.1, -0.05) is 71.0 Å². The molecule has 0 saturated carbocycles. The minimum atomic E-state index is -0.834. The molecule has 119 valence electrons. The molecule has 4 aromatic carbocycles. The van der Waals surface area contributed by atoms with E-state index in [-0.39, 0.29) is 17.1 Å². The zero-order chi connectivity index (χ0) is 15.7. The van der Waals surface area contributed by atoms with Crippen molar-refractivity contribution >= 4 is 24.4 Å². The first-order valence-electron chi connectivity index (χ1n) is 7.82. The molecule has 0 aliphatic heterocycles. The van der Waals surface area contributed by atoms with Gasteiger partial charge in [-0.05, 0) is 0 Å². The molecule has 0 spiro atoms. The summed E-state index contributed by atoms with van der Waals surface area (Å²) in [6.45, 7) is 0. The Balaban J connectivity index is 0.000000300. The van der Waals surface area contributed by atoms with Crippen LogP contribution in [0.3, 0.4) is 0 Å². The SMILES string of the molecule is [Fe+2].c1cc[cH-]c1.c1ccc([Si](c2ccccc2)c2ccc[cH-]2)cc1. The van der Waals surface area contributed by atoms with Crippen molar-refractivity contribution in [3.05, 3.63) is 115 Å². The second-order valence-corrected chi connectivity index (χ2v) is 7.72. The van der Waals surface area contributed by atoms with Crippen molar-refractivity contribution in [3.8, 4) is 0 Å². The molecule has 0 amide bonds. The van der Waals surface area contributed by atoms with Gasteiger partial charge in [0.25, 0.3) is 0 Å². The summed E-state index contributed by atoms with van der Waals surface area (Å²) in [6.07, 6.45) is 0. The van der Waals surface area contributed by atoms with Crippen LogP contribution in [0.15, 0.2) is 115 Å². The average Bonchev–Trinajstić information content (AvgIpc) is 3.34. The molecular weight excluding hydrogens is 348 g/mol. The Labute approximate surface area is 156 Å². The van der Waals surface area contributed by atoms with Crippen LogP contribution in [-0.2, 0) is 17.1 Å². The molecule has 0 heterocycles. The molecule has 4 aromatic rings. The summed E-state index contributed by atoms with van der Waals surface area (Å²) in [5.74, 6) is 0. The first-order chi connectivity index (χ1) is 11.4. The molecule has 0 fully saturated rings. The third-order valence-corrected chi connectivity index (χ3v) is 6.36. The monoisotopic (exact) mass is 367 g/mol. The molecular formula is C22H19FeSi. The van der Waals surface area contributed by atoms with Gasteiger partial charge in [0.15, 0.2) is 0 Å². The summed E-state index contributed by atoms with van der Waals surface area (Å²) < 4.78 is 0. The minimum absolute atomic E-state index is 0. The van der Waals surface area contributed by atoms with Crippen molar-refractivity contribution in [2.75, 3.05) is 0 Å². The van der Waals surface area contributed by atoms with Crippen molar-refractivity contribution in [1.29, 1.82) is 0 Å². The normalized spacial score (nSPS) is 9.71. The topological polar surface area (TPSA) is 0 Å². The Morgan fingerprint density at radius 1 is 0.542 bits per heavy atom. The van der Waals surface area contributed by atoms with Crippen LogP contribution >= 0.6 is 0 Å². The van der Waals surface area contributed by atoms with Gasteiger partial charge in [0.2, 0.25) is 0 Å². The largest absolute Gasteiger partial charge is 2.00 e. The van der Waals surface area contributed by atoms with E-state index in [2.05, 4.69) is 84.9 Å². The van der Waals surface area contributed by atoms with Gasteiger partial charge >= 0.3 is 17.1 Å². The van der Waals surface area contributed by atoms with Gasteiger partial charge in [-0.2, -0.15) is 35.5 Å². The average molecular weight is 367 g/mol. The molecule has 0 unspecified atom stereocenters. The van der Waals surface area contributed by atoms with Crippen molar-refractivity contribution in [3.63, 3.8) is 0 Å². The second kappa shape index (κ2) is 9.89. The van der Waals surface area contributed by atoms with E-state index in [1.54, 1.807) is 0 Å². The van der Waals surface area contributed by atoms with E-state index in [9.17, 15) is 0 Å². The number of hydrogen-bond donors (Lipinski definition) is 0. The third kappa shape index (κ3) is 4.94. The van der Waals surface area contributed by atoms with E-state index in [0.717, 1.165) is 0 Å². The van der Waals surface area contributed by atoms with Crippen LogP contribution in [0.1, 0.15) is 0 Å². The van der Waals surface area contributed by atoms with Crippen molar-refractivity contribution in [2.24, 2.45) is 0 Å². The van der Waals surface area contributed by atoms with E-state index >= 15 is 0 Å². The van der Waals surface area contributed by atoms with Crippen LogP contribution < -0.4 is 15.6 Å². The molecule has 0 aromatic heterocycles. The van der Waals surface area contributed by atoms with E-state index in [0.29, 0.717) is 0 Å².